The number of aliphatic hydroxyl groups is 3. The van der Waals surface area contributed by atoms with Gasteiger partial charge in [-0.15, -0.1) is 0 Å². The van der Waals surface area contributed by atoms with Gasteiger partial charge in [0.05, 0.1) is 12.2 Å². The van der Waals surface area contributed by atoms with Crippen molar-refractivity contribution >= 4 is 5.97 Å². The molecule has 0 unspecified atom stereocenters. The van der Waals surface area contributed by atoms with Gasteiger partial charge >= 0.3 is 5.97 Å². The summed E-state index contributed by atoms with van der Waals surface area (Å²) in [5.74, 6) is -0.976. The number of aliphatic hydroxyl groups excluding tert-OH is 3. The minimum atomic E-state index is -1.44. The Morgan fingerprint density at radius 2 is 1.86 bits per heavy atom. The maximum atomic E-state index is 10.8. The van der Waals surface area contributed by atoms with Crippen LogP contribution in [0.5, 0.6) is 0 Å². The first-order valence-electron chi connectivity index (χ1n) is 7.16. The molecule has 21 heavy (non-hydrogen) atoms. The van der Waals surface area contributed by atoms with Gasteiger partial charge in [0.25, 0.3) is 0 Å². The molecule has 0 aliphatic carbocycles. The Morgan fingerprint density at radius 1 is 1.19 bits per heavy atom. The van der Waals surface area contributed by atoms with Crippen molar-refractivity contribution in [2.45, 2.75) is 70.2 Å². The number of carbonyl (C=O) groups is 1. The molecule has 5 atom stereocenters. The fraction of sp³-hybridized carbons (Fsp3) is 0.786. The van der Waals surface area contributed by atoms with Gasteiger partial charge in [-0.2, -0.15) is 0 Å². The van der Waals surface area contributed by atoms with Gasteiger partial charge in [-0.05, 0) is 13.3 Å². The number of hydrogen-bond acceptors (Lipinski definition) is 6. The number of rotatable bonds is 7. The molecule has 122 valence electrons. The van der Waals surface area contributed by atoms with Crippen molar-refractivity contribution in [3.63, 3.8) is 0 Å². The van der Waals surface area contributed by atoms with Gasteiger partial charge in [-0.25, -0.2) is 4.79 Å². The summed E-state index contributed by atoms with van der Waals surface area (Å²) in [6, 6.07) is 0. The van der Waals surface area contributed by atoms with E-state index in [9.17, 15) is 20.1 Å². The summed E-state index contributed by atoms with van der Waals surface area (Å²) < 4.78 is 10.7. The molecule has 0 amide bonds. The summed E-state index contributed by atoms with van der Waals surface area (Å²) in [5.41, 5.74) is 0. The molecular formula is C14H24O7. The van der Waals surface area contributed by atoms with E-state index in [4.69, 9.17) is 14.6 Å². The van der Waals surface area contributed by atoms with Crippen LogP contribution in [0.1, 0.15) is 39.5 Å². The fourth-order valence-corrected chi connectivity index (χ4v) is 2.11. The first-order chi connectivity index (χ1) is 9.86. The van der Waals surface area contributed by atoms with Crippen LogP contribution in [0.15, 0.2) is 11.8 Å². The second-order valence-corrected chi connectivity index (χ2v) is 5.21. The third-order valence-electron chi connectivity index (χ3n) is 3.39. The van der Waals surface area contributed by atoms with Crippen molar-refractivity contribution < 1.29 is 34.7 Å². The van der Waals surface area contributed by atoms with E-state index < -0.39 is 36.7 Å². The van der Waals surface area contributed by atoms with Crippen LogP contribution in [-0.2, 0) is 14.3 Å². The summed E-state index contributed by atoms with van der Waals surface area (Å²) in [7, 11) is 0. The zero-order chi connectivity index (χ0) is 16.0. The number of carboxylic acid groups (broad SMARTS) is 1. The zero-order valence-electron chi connectivity index (χ0n) is 12.3. The van der Waals surface area contributed by atoms with Gasteiger partial charge in [0.2, 0.25) is 6.29 Å². The molecule has 1 aliphatic heterocycles. The van der Waals surface area contributed by atoms with Crippen molar-refractivity contribution in [2.24, 2.45) is 0 Å². The average Bonchev–Trinajstić information content (AvgIpc) is 2.42. The van der Waals surface area contributed by atoms with Crippen LogP contribution in [-0.4, -0.2) is 57.1 Å². The molecule has 0 saturated carbocycles. The molecule has 0 radical (unpaired) electrons. The number of aliphatic carboxylic acids is 1. The van der Waals surface area contributed by atoms with Gasteiger partial charge in [-0.1, -0.05) is 19.8 Å². The molecule has 0 bridgehead atoms. The SMILES string of the molecule is CCCCCC(=CC(=O)O)O[C@H]1O[C@@H](C)[C@H](O)[C@@H](O)[C@H]1O. The minimum Gasteiger partial charge on any atom is -0.478 e. The molecule has 7 nitrogen and oxygen atoms in total. The van der Waals surface area contributed by atoms with E-state index in [2.05, 4.69) is 0 Å². The summed E-state index contributed by atoms with van der Waals surface area (Å²) in [4.78, 5) is 10.8. The molecule has 1 rings (SSSR count). The van der Waals surface area contributed by atoms with Gasteiger partial charge in [0, 0.05) is 6.42 Å². The second-order valence-electron chi connectivity index (χ2n) is 5.21. The second kappa shape index (κ2) is 8.33. The number of unbranched alkanes of at least 4 members (excludes halogenated alkanes) is 2. The van der Waals surface area contributed by atoms with E-state index >= 15 is 0 Å². The number of carboxylic acids is 1. The highest BCUT2D eigenvalue weighted by atomic mass is 16.7. The summed E-state index contributed by atoms with van der Waals surface area (Å²) in [5, 5.41) is 38.0. The zero-order valence-corrected chi connectivity index (χ0v) is 12.3. The fourth-order valence-electron chi connectivity index (χ4n) is 2.11. The van der Waals surface area contributed by atoms with Crippen LogP contribution >= 0.6 is 0 Å². The largest absolute Gasteiger partial charge is 0.478 e. The normalized spacial score (nSPS) is 33.8. The lowest BCUT2D eigenvalue weighted by molar-refractivity contribution is -0.283. The van der Waals surface area contributed by atoms with Gasteiger partial charge in [-0.3, -0.25) is 0 Å². The summed E-state index contributed by atoms with van der Waals surface area (Å²) in [6.07, 6.45) is -2.02. The third-order valence-corrected chi connectivity index (χ3v) is 3.39. The van der Waals surface area contributed by atoms with E-state index in [-0.39, 0.29) is 5.76 Å². The highest BCUT2D eigenvalue weighted by molar-refractivity contribution is 5.80. The maximum absolute atomic E-state index is 10.8. The standard InChI is InChI=1S/C14H24O7/c1-3-4-5-6-9(7-10(15)16)21-14-13(19)12(18)11(17)8(2)20-14/h7-8,11-14,17-19H,3-6H2,1-2H3,(H,15,16)/t8-,11-,12+,13+,14+/m0/s1. The van der Waals surface area contributed by atoms with E-state index in [0.29, 0.717) is 6.42 Å². The Morgan fingerprint density at radius 3 is 2.43 bits per heavy atom. The van der Waals surface area contributed by atoms with Crippen LogP contribution in [0.4, 0.5) is 0 Å². The Labute approximate surface area is 123 Å². The topological polar surface area (TPSA) is 116 Å². The van der Waals surface area contributed by atoms with E-state index in [0.717, 1.165) is 25.3 Å². The van der Waals surface area contributed by atoms with Gasteiger partial charge in [0.1, 0.15) is 24.1 Å². The molecule has 0 aromatic heterocycles. The predicted molar refractivity (Wildman–Crippen MR) is 73.3 cm³/mol. The molecule has 1 heterocycles. The molecule has 0 spiro atoms. The molecule has 7 heteroatoms. The van der Waals surface area contributed by atoms with E-state index in [1.54, 1.807) is 0 Å². The van der Waals surface area contributed by atoms with Crippen LogP contribution in [0, 0.1) is 0 Å². The van der Waals surface area contributed by atoms with Crippen LogP contribution in [0.3, 0.4) is 0 Å². The van der Waals surface area contributed by atoms with Crippen LogP contribution in [0.2, 0.25) is 0 Å². The molecule has 0 aromatic rings. The Kier molecular flexibility index (Phi) is 7.10. The number of ether oxygens (including phenoxy) is 2. The lowest BCUT2D eigenvalue weighted by Crippen LogP contribution is -2.57. The highest BCUT2D eigenvalue weighted by Gasteiger charge is 2.43. The van der Waals surface area contributed by atoms with Gasteiger partial charge < -0.3 is 29.9 Å². The lowest BCUT2D eigenvalue weighted by Gasteiger charge is -2.39. The quantitative estimate of drug-likeness (QED) is 0.305. The minimum absolute atomic E-state index is 0.177. The molecular weight excluding hydrogens is 280 g/mol. The highest BCUT2D eigenvalue weighted by Crippen LogP contribution is 2.25. The van der Waals surface area contributed by atoms with Crippen LogP contribution in [0.25, 0.3) is 0 Å². The smallest absolute Gasteiger partial charge is 0.331 e. The molecule has 1 saturated heterocycles. The maximum Gasteiger partial charge on any atom is 0.331 e. The van der Waals surface area contributed by atoms with Crippen molar-refractivity contribution in [3.05, 3.63) is 11.8 Å². The first kappa shape index (κ1) is 17.9. The summed E-state index contributed by atoms with van der Waals surface area (Å²) >= 11 is 0. The number of hydrogen-bond donors (Lipinski definition) is 4. The summed E-state index contributed by atoms with van der Waals surface area (Å²) in [6.45, 7) is 3.56. The molecule has 4 N–H and O–H groups in total. The Balaban J connectivity index is 2.71. The predicted octanol–water partition coefficient (Wildman–Crippen LogP) is 0.379. The van der Waals surface area contributed by atoms with Crippen molar-refractivity contribution in [3.8, 4) is 0 Å². The van der Waals surface area contributed by atoms with Crippen molar-refractivity contribution in [1.82, 2.24) is 0 Å². The number of allylic oxidation sites excluding steroid dienone is 1. The average molecular weight is 304 g/mol. The third kappa shape index (κ3) is 5.28. The van der Waals surface area contributed by atoms with E-state index in [1.807, 2.05) is 6.92 Å². The van der Waals surface area contributed by atoms with Crippen molar-refractivity contribution in [1.29, 1.82) is 0 Å². The van der Waals surface area contributed by atoms with Crippen LogP contribution < -0.4 is 0 Å². The van der Waals surface area contributed by atoms with Gasteiger partial charge in [0.15, 0.2) is 0 Å². The molecule has 1 aliphatic rings. The molecule has 1 fully saturated rings. The van der Waals surface area contributed by atoms with Crippen molar-refractivity contribution in [2.75, 3.05) is 0 Å². The lowest BCUT2D eigenvalue weighted by atomic mass is 10.00. The Bertz CT molecular complexity index is 368. The molecule has 0 aromatic carbocycles. The van der Waals surface area contributed by atoms with E-state index in [1.165, 1.54) is 6.92 Å². The Hall–Kier alpha value is -1.15. The first-order valence-corrected chi connectivity index (χ1v) is 7.16. The monoisotopic (exact) mass is 304 g/mol.